The number of hydrogen-bond acceptors (Lipinski definition) is 3. The normalized spacial score (nSPS) is 34.9. The third-order valence-corrected chi connectivity index (χ3v) is 6.29. The van der Waals surface area contributed by atoms with Crippen LogP contribution in [0, 0.1) is 10.8 Å². The Balaban J connectivity index is 2.26. The molecule has 2 rings (SSSR count). The molecule has 21 heavy (non-hydrogen) atoms. The molecule has 0 saturated carbocycles. The zero-order chi connectivity index (χ0) is 16.0. The third-order valence-electron chi connectivity index (χ3n) is 6.29. The van der Waals surface area contributed by atoms with Crippen molar-refractivity contribution in [1.82, 2.24) is 14.7 Å². The quantitative estimate of drug-likeness (QED) is 0.772. The molecule has 2 aliphatic heterocycles. The first-order valence-electron chi connectivity index (χ1n) is 8.78. The first kappa shape index (κ1) is 17.2. The van der Waals surface area contributed by atoms with Crippen LogP contribution in [0.25, 0.3) is 0 Å². The minimum Gasteiger partial charge on any atom is -0.303 e. The second-order valence-electron chi connectivity index (χ2n) is 8.85. The van der Waals surface area contributed by atoms with Gasteiger partial charge in [0.15, 0.2) is 0 Å². The van der Waals surface area contributed by atoms with E-state index in [1.807, 2.05) is 0 Å². The molecule has 0 aromatic rings. The van der Waals surface area contributed by atoms with Crippen LogP contribution < -0.4 is 0 Å². The highest BCUT2D eigenvalue weighted by Gasteiger charge is 2.60. The molecule has 0 amide bonds. The molecular weight excluding hydrogens is 258 g/mol. The van der Waals surface area contributed by atoms with E-state index in [1.165, 1.54) is 32.7 Å². The van der Waals surface area contributed by atoms with Crippen molar-refractivity contribution in [3.05, 3.63) is 0 Å². The minimum atomic E-state index is 0.431. The molecule has 0 radical (unpaired) electrons. The fraction of sp³-hybridized carbons (Fsp3) is 1.00. The highest BCUT2D eigenvalue weighted by atomic mass is 15.3. The number of nitrogens with zero attached hydrogens (tertiary/aromatic N) is 3. The van der Waals surface area contributed by atoms with Gasteiger partial charge in [-0.3, -0.25) is 9.80 Å². The Morgan fingerprint density at radius 1 is 0.857 bits per heavy atom. The maximum Gasteiger partial charge on any atom is 0.0163 e. The average Bonchev–Trinajstić information content (AvgIpc) is 2.76. The largest absolute Gasteiger partial charge is 0.303 e. The van der Waals surface area contributed by atoms with Crippen molar-refractivity contribution in [3.8, 4) is 0 Å². The van der Waals surface area contributed by atoms with Crippen molar-refractivity contribution in [2.45, 2.75) is 66.6 Å². The third kappa shape index (κ3) is 3.02. The van der Waals surface area contributed by atoms with Gasteiger partial charge in [0.2, 0.25) is 0 Å². The summed E-state index contributed by atoms with van der Waals surface area (Å²) in [4.78, 5) is 7.99. The first-order valence-corrected chi connectivity index (χ1v) is 8.78. The topological polar surface area (TPSA) is 9.72 Å². The van der Waals surface area contributed by atoms with Crippen molar-refractivity contribution < 1.29 is 0 Å². The van der Waals surface area contributed by atoms with Crippen LogP contribution in [0.3, 0.4) is 0 Å². The van der Waals surface area contributed by atoms with Crippen LogP contribution in [0.1, 0.15) is 48.5 Å². The van der Waals surface area contributed by atoms with E-state index in [9.17, 15) is 0 Å². The van der Waals surface area contributed by atoms with Crippen LogP contribution in [0.2, 0.25) is 0 Å². The molecule has 0 bridgehead atoms. The Labute approximate surface area is 132 Å². The summed E-state index contributed by atoms with van der Waals surface area (Å²) in [6.45, 7) is 22.9. The van der Waals surface area contributed by atoms with Gasteiger partial charge in [0.05, 0.1) is 0 Å². The average molecular weight is 296 g/mol. The molecule has 0 aromatic carbocycles. The van der Waals surface area contributed by atoms with Crippen molar-refractivity contribution >= 4 is 0 Å². The van der Waals surface area contributed by atoms with E-state index >= 15 is 0 Å². The summed E-state index contributed by atoms with van der Waals surface area (Å²) < 4.78 is 0. The van der Waals surface area contributed by atoms with Crippen molar-refractivity contribution in [2.24, 2.45) is 10.8 Å². The Hall–Kier alpha value is -0.120. The maximum atomic E-state index is 2.71. The first-order chi connectivity index (χ1) is 9.60. The van der Waals surface area contributed by atoms with E-state index in [0.717, 1.165) is 0 Å². The molecule has 2 fully saturated rings. The Morgan fingerprint density at radius 2 is 1.29 bits per heavy atom. The van der Waals surface area contributed by atoms with Gasteiger partial charge in [-0.1, -0.05) is 6.92 Å². The van der Waals surface area contributed by atoms with Crippen molar-refractivity contribution in [2.75, 3.05) is 39.8 Å². The van der Waals surface area contributed by atoms with Gasteiger partial charge in [-0.2, -0.15) is 0 Å². The van der Waals surface area contributed by atoms with Crippen LogP contribution in [0.4, 0.5) is 0 Å². The number of likely N-dealkylation sites (tertiary alicyclic amines) is 2. The summed E-state index contributed by atoms with van der Waals surface area (Å²) in [6.07, 6.45) is 0. The van der Waals surface area contributed by atoms with E-state index in [2.05, 4.69) is 70.2 Å². The summed E-state index contributed by atoms with van der Waals surface area (Å²) in [5.41, 5.74) is 0.866. The van der Waals surface area contributed by atoms with E-state index < -0.39 is 0 Å². The molecule has 0 aromatic heterocycles. The van der Waals surface area contributed by atoms with Crippen LogP contribution in [-0.4, -0.2) is 72.6 Å². The standard InChI is InChI=1S/C18H37N3/c1-14(2)19(8)11-18-12-20(15(3)4)9-17(18,7)10-21(13-18)16(5)6/h14-16H,9-13H2,1-8H3. The highest BCUT2D eigenvalue weighted by molar-refractivity contribution is 5.13. The fourth-order valence-electron chi connectivity index (χ4n) is 4.28. The van der Waals surface area contributed by atoms with Gasteiger partial charge in [0, 0.05) is 61.7 Å². The van der Waals surface area contributed by atoms with E-state index in [4.69, 9.17) is 0 Å². The fourth-order valence-corrected chi connectivity index (χ4v) is 4.28. The smallest absolute Gasteiger partial charge is 0.0163 e. The molecule has 2 heterocycles. The lowest BCUT2D eigenvalue weighted by molar-refractivity contribution is 0.0965. The lowest BCUT2D eigenvalue weighted by Gasteiger charge is -2.40. The molecule has 0 atom stereocenters. The van der Waals surface area contributed by atoms with Crippen molar-refractivity contribution in [3.63, 3.8) is 0 Å². The molecule has 0 unspecified atom stereocenters. The van der Waals surface area contributed by atoms with Gasteiger partial charge in [-0.05, 0) is 48.6 Å². The van der Waals surface area contributed by atoms with Gasteiger partial charge in [0.25, 0.3) is 0 Å². The predicted molar refractivity (Wildman–Crippen MR) is 91.7 cm³/mol. The Bertz CT molecular complexity index is 341. The van der Waals surface area contributed by atoms with Crippen LogP contribution >= 0.6 is 0 Å². The molecule has 2 aliphatic rings. The number of rotatable bonds is 5. The van der Waals surface area contributed by atoms with Crippen LogP contribution in [0.5, 0.6) is 0 Å². The van der Waals surface area contributed by atoms with Gasteiger partial charge < -0.3 is 4.90 Å². The molecule has 3 nitrogen and oxygen atoms in total. The van der Waals surface area contributed by atoms with E-state index in [0.29, 0.717) is 29.0 Å². The lowest BCUT2D eigenvalue weighted by Crippen LogP contribution is -2.48. The van der Waals surface area contributed by atoms with Gasteiger partial charge >= 0.3 is 0 Å². The second kappa shape index (κ2) is 5.82. The van der Waals surface area contributed by atoms with Crippen LogP contribution in [-0.2, 0) is 0 Å². The minimum absolute atomic E-state index is 0.431. The number of fused-ring (bicyclic) bond motifs is 1. The summed E-state index contributed by atoms with van der Waals surface area (Å²) in [7, 11) is 2.30. The summed E-state index contributed by atoms with van der Waals surface area (Å²) in [5.74, 6) is 0. The van der Waals surface area contributed by atoms with Gasteiger partial charge in [0.1, 0.15) is 0 Å². The highest BCUT2D eigenvalue weighted by Crippen LogP contribution is 2.53. The second-order valence-corrected chi connectivity index (χ2v) is 8.85. The molecule has 0 aliphatic carbocycles. The molecule has 3 heteroatoms. The summed E-state index contributed by atoms with van der Waals surface area (Å²) >= 11 is 0. The van der Waals surface area contributed by atoms with Crippen LogP contribution in [0.15, 0.2) is 0 Å². The molecule has 124 valence electrons. The zero-order valence-corrected chi connectivity index (χ0v) is 15.6. The molecule has 0 N–H and O–H groups in total. The molecule has 2 saturated heterocycles. The number of hydrogen-bond donors (Lipinski definition) is 0. The Kier molecular flexibility index (Phi) is 4.78. The SMILES string of the molecule is CC(C)N(C)CC12CN(C(C)C)CC1(C)CN(C(C)C)C2. The van der Waals surface area contributed by atoms with Gasteiger partial charge in [-0.25, -0.2) is 0 Å². The Morgan fingerprint density at radius 3 is 1.62 bits per heavy atom. The zero-order valence-electron chi connectivity index (χ0n) is 15.6. The predicted octanol–water partition coefficient (Wildman–Crippen LogP) is 2.77. The monoisotopic (exact) mass is 295 g/mol. The summed E-state index contributed by atoms with van der Waals surface area (Å²) in [6, 6.07) is 1.96. The van der Waals surface area contributed by atoms with Crippen molar-refractivity contribution in [1.29, 1.82) is 0 Å². The maximum absolute atomic E-state index is 2.71. The molecule has 0 spiro atoms. The van der Waals surface area contributed by atoms with E-state index in [1.54, 1.807) is 0 Å². The summed E-state index contributed by atoms with van der Waals surface area (Å²) in [5, 5.41) is 0. The molecular formula is C18H37N3. The lowest BCUT2D eigenvalue weighted by atomic mass is 9.69. The van der Waals surface area contributed by atoms with E-state index in [-0.39, 0.29) is 0 Å². The van der Waals surface area contributed by atoms with Gasteiger partial charge in [-0.15, -0.1) is 0 Å².